The minimum atomic E-state index is -0.261. The second-order valence-corrected chi connectivity index (χ2v) is 2.75. The van der Waals surface area contributed by atoms with Crippen molar-refractivity contribution >= 4 is 18.3 Å². The minimum absolute atomic E-state index is 0.0800. The predicted octanol–water partition coefficient (Wildman–Crippen LogP) is 0.455. The summed E-state index contributed by atoms with van der Waals surface area (Å²) < 4.78 is 0. The highest BCUT2D eigenvalue weighted by Crippen LogP contribution is 2.10. The van der Waals surface area contributed by atoms with Crippen LogP contribution in [0.5, 0.6) is 0 Å². The Labute approximate surface area is 87.8 Å². The predicted molar refractivity (Wildman–Crippen MR) is 57.7 cm³/mol. The summed E-state index contributed by atoms with van der Waals surface area (Å²) in [7, 11) is 0. The van der Waals surface area contributed by atoms with Gasteiger partial charge in [0, 0.05) is 5.56 Å². The first-order chi connectivity index (χ1) is 7.29. The lowest BCUT2D eigenvalue weighted by molar-refractivity contribution is 0.0954. The number of amides is 1. The maximum Gasteiger partial charge on any atom is 0.252 e. The molecule has 3 N–H and O–H groups in total. The van der Waals surface area contributed by atoms with Crippen molar-refractivity contribution in [1.82, 2.24) is 5.32 Å². The number of nitrogens with two attached hydrogens (primary N) is 1. The lowest BCUT2D eigenvalue weighted by atomic mass is 10.1. The van der Waals surface area contributed by atoms with Crippen LogP contribution in [0.15, 0.2) is 30.3 Å². The van der Waals surface area contributed by atoms with Crippen molar-refractivity contribution in [3.05, 3.63) is 41.5 Å². The Morgan fingerprint density at radius 1 is 1.47 bits per heavy atom. The van der Waals surface area contributed by atoms with E-state index in [4.69, 9.17) is 5.73 Å². The molecule has 0 aliphatic rings. The van der Waals surface area contributed by atoms with Crippen molar-refractivity contribution in [2.24, 2.45) is 5.73 Å². The van der Waals surface area contributed by atoms with Gasteiger partial charge in [-0.3, -0.25) is 9.59 Å². The zero-order chi connectivity index (χ0) is 11.1. The third-order valence-electron chi connectivity index (χ3n) is 1.80. The molecule has 1 aromatic rings. The lowest BCUT2D eigenvalue weighted by Crippen LogP contribution is -2.29. The van der Waals surface area contributed by atoms with Gasteiger partial charge in [-0.1, -0.05) is 24.3 Å². The molecule has 1 amide bonds. The van der Waals surface area contributed by atoms with Crippen molar-refractivity contribution in [3.8, 4) is 0 Å². The first-order valence-corrected chi connectivity index (χ1v) is 4.41. The topological polar surface area (TPSA) is 72.2 Å². The Morgan fingerprint density at radius 2 is 2.20 bits per heavy atom. The van der Waals surface area contributed by atoms with Gasteiger partial charge < -0.3 is 11.1 Å². The summed E-state index contributed by atoms with van der Waals surface area (Å²) in [5.74, 6) is -0.261. The largest absolute Gasteiger partial charge is 0.340 e. The summed E-state index contributed by atoms with van der Waals surface area (Å²) in [6.45, 7) is 0.0800. The van der Waals surface area contributed by atoms with E-state index in [0.29, 0.717) is 11.1 Å². The third kappa shape index (κ3) is 3.03. The fraction of sp³-hybridized carbons (Fsp3) is 0.0909. The quantitative estimate of drug-likeness (QED) is 0.551. The smallest absolute Gasteiger partial charge is 0.252 e. The molecule has 0 saturated heterocycles. The molecule has 0 bridgehead atoms. The van der Waals surface area contributed by atoms with E-state index in [2.05, 4.69) is 5.32 Å². The third-order valence-corrected chi connectivity index (χ3v) is 1.80. The van der Waals surface area contributed by atoms with Gasteiger partial charge in [-0.2, -0.15) is 0 Å². The van der Waals surface area contributed by atoms with Crippen molar-refractivity contribution in [2.75, 3.05) is 6.67 Å². The molecule has 1 aromatic carbocycles. The van der Waals surface area contributed by atoms with Crippen LogP contribution in [-0.2, 0) is 4.79 Å². The van der Waals surface area contributed by atoms with Crippen LogP contribution in [0.1, 0.15) is 15.9 Å². The normalized spacial score (nSPS) is 10.2. The molecule has 0 heterocycles. The fourth-order valence-electron chi connectivity index (χ4n) is 1.16. The standard InChI is InChI=1S/C11H11N2O2/c12-8-13-11(15)10-6-2-1-4-9(10)5-3-7-14/h1-6H,8,12H2,(H,13,15)/b5-3+. The van der Waals surface area contributed by atoms with E-state index in [-0.39, 0.29) is 12.6 Å². The molecule has 0 spiro atoms. The summed E-state index contributed by atoms with van der Waals surface area (Å²) in [6, 6.07) is 6.92. The second-order valence-electron chi connectivity index (χ2n) is 2.75. The number of allylic oxidation sites excluding steroid dienone is 1. The van der Waals surface area contributed by atoms with Crippen LogP contribution in [0, 0.1) is 0 Å². The molecule has 4 heteroatoms. The molecule has 0 saturated carbocycles. The molecule has 0 aromatic heterocycles. The molecule has 1 radical (unpaired) electrons. The van der Waals surface area contributed by atoms with Crippen LogP contribution < -0.4 is 11.1 Å². The van der Waals surface area contributed by atoms with Gasteiger partial charge in [-0.05, 0) is 17.7 Å². The SMILES string of the molecule is NCNC(=O)c1ccccc1/C=C/[C]=O. The first kappa shape index (κ1) is 11.1. The van der Waals surface area contributed by atoms with Gasteiger partial charge in [-0.15, -0.1) is 0 Å². The molecule has 1 rings (SSSR count). The maximum atomic E-state index is 11.5. The van der Waals surface area contributed by atoms with Crippen LogP contribution in [0.3, 0.4) is 0 Å². The van der Waals surface area contributed by atoms with E-state index in [1.807, 2.05) is 0 Å². The number of carbonyl (C=O) groups excluding carboxylic acids is 2. The van der Waals surface area contributed by atoms with Crippen molar-refractivity contribution in [2.45, 2.75) is 0 Å². The molecule has 77 valence electrons. The van der Waals surface area contributed by atoms with E-state index in [1.165, 1.54) is 12.2 Å². The highest BCUT2D eigenvalue weighted by molar-refractivity contribution is 5.98. The van der Waals surface area contributed by atoms with Crippen molar-refractivity contribution in [3.63, 3.8) is 0 Å². The number of benzene rings is 1. The van der Waals surface area contributed by atoms with E-state index < -0.39 is 0 Å². The molecular formula is C11H11N2O2. The van der Waals surface area contributed by atoms with Crippen LogP contribution >= 0.6 is 0 Å². The Balaban J connectivity index is 3.00. The number of hydrogen-bond donors (Lipinski definition) is 2. The summed E-state index contributed by atoms with van der Waals surface area (Å²) in [5, 5.41) is 2.49. The Bertz CT molecular complexity index is 386. The van der Waals surface area contributed by atoms with Crippen molar-refractivity contribution < 1.29 is 9.59 Å². The first-order valence-electron chi connectivity index (χ1n) is 4.41. The monoisotopic (exact) mass is 203 g/mol. The lowest BCUT2D eigenvalue weighted by Gasteiger charge is -2.04. The molecule has 0 unspecified atom stereocenters. The van der Waals surface area contributed by atoms with Gasteiger partial charge in [0.05, 0.1) is 6.67 Å². The Morgan fingerprint density at radius 3 is 2.87 bits per heavy atom. The van der Waals surface area contributed by atoms with Gasteiger partial charge >= 0.3 is 0 Å². The Hall–Kier alpha value is -1.94. The average molecular weight is 203 g/mol. The van der Waals surface area contributed by atoms with E-state index in [0.717, 1.165) is 0 Å². The van der Waals surface area contributed by atoms with Gasteiger partial charge in [0.15, 0.2) is 0 Å². The highest BCUT2D eigenvalue weighted by atomic mass is 16.1. The van der Waals surface area contributed by atoms with E-state index in [1.54, 1.807) is 30.6 Å². The molecule has 0 fully saturated rings. The average Bonchev–Trinajstić information content (AvgIpc) is 2.27. The summed E-state index contributed by atoms with van der Waals surface area (Å²) in [5.41, 5.74) is 6.34. The number of nitrogens with one attached hydrogen (secondary N) is 1. The van der Waals surface area contributed by atoms with Crippen molar-refractivity contribution in [1.29, 1.82) is 0 Å². The number of rotatable bonds is 4. The highest BCUT2D eigenvalue weighted by Gasteiger charge is 2.06. The molecule has 4 nitrogen and oxygen atoms in total. The molecular weight excluding hydrogens is 192 g/mol. The van der Waals surface area contributed by atoms with Gasteiger partial charge in [0.25, 0.3) is 5.91 Å². The van der Waals surface area contributed by atoms with Gasteiger partial charge in [0.1, 0.15) is 0 Å². The summed E-state index contributed by atoms with van der Waals surface area (Å²) in [4.78, 5) is 21.6. The minimum Gasteiger partial charge on any atom is -0.340 e. The second kappa shape index (κ2) is 5.72. The van der Waals surface area contributed by atoms with Gasteiger partial charge in [0.2, 0.25) is 6.29 Å². The molecule has 0 aliphatic heterocycles. The maximum absolute atomic E-state index is 11.5. The van der Waals surface area contributed by atoms with Crippen LogP contribution in [0.4, 0.5) is 0 Å². The summed E-state index contributed by atoms with van der Waals surface area (Å²) >= 11 is 0. The zero-order valence-electron chi connectivity index (χ0n) is 8.07. The Kier molecular flexibility index (Phi) is 4.25. The van der Waals surface area contributed by atoms with Crippen LogP contribution in [0.25, 0.3) is 6.08 Å². The van der Waals surface area contributed by atoms with Crippen LogP contribution in [0.2, 0.25) is 0 Å². The zero-order valence-corrected chi connectivity index (χ0v) is 8.07. The number of hydrogen-bond acceptors (Lipinski definition) is 3. The van der Waals surface area contributed by atoms with E-state index in [9.17, 15) is 9.59 Å². The van der Waals surface area contributed by atoms with Gasteiger partial charge in [-0.25, -0.2) is 0 Å². The fourth-order valence-corrected chi connectivity index (χ4v) is 1.16. The number of carbonyl (C=O) groups is 1. The molecule has 0 aliphatic carbocycles. The van der Waals surface area contributed by atoms with E-state index >= 15 is 0 Å². The summed E-state index contributed by atoms with van der Waals surface area (Å²) in [6.07, 6.45) is 4.37. The molecule has 0 atom stereocenters. The van der Waals surface area contributed by atoms with Crippen LogP contribution in [-0.4, -0.2) is 18.9 Å². The molecule has 15 heavy (non-hydrogen) atoms.